The number of amides is 3. The number of halogens is 1. The van der Waals surface area contributed by atoms with Crippen molar-refractivity contribution < 1.29 is 28.6 Å². The zero-order chi connectivity index (χ0) is 25.5. The number of aliphatic hydroxyl groups excluding tert-OH is 1. The number of benzene rings is 1. The molecule has 0 aliphatic carbocycles. The smallest absolute Gasteiger partial charge is 0.414 e. The molecule has 0 saturated carbocycles. The molecule has 2 aromatic carbocycles. The molecule has 1 aliphatic rings. The van der Waals surface area contributed by atoms with Crippen LogP contribution in [-0.2, 0) is 14.3 Å². The van der Waals surface area contributed by atoms with Crippen LogP contribution in [0.15, 0.2) is 47.3 Å². The van der Waals surface area contributed by atoms with Crippen molar-refractivity contribution in [1.82, 2.24) is 5.32 Å². The quantitative estimate of drug-likeness (QED) is 0.451. The summed E-state index contributed by atoms with van der Waals surface area (Å²) in [6.07, 6.45) is 2.05. The Morgan fingerprint density at radius 3 is 2.66 bits per heavy atom. The first kappa shape index (κ1) is 25.4. The van der Waals surface area contributed by atoms with Gasteiger partial charge >= 0.3 is 6.09 Å². The van der Waals surface area contributed by atoms with Crippen molar-refractivity contribution in [3.63, 3.8) is 0 Å². The summed E-state index contributed by atoms with van der Waals surface area (Å²) in [4.78, 5) is 48.6. The van der Waals surface area contributed by atoms with Gasteiger partial charge in [0.1, 0.15) is 18.5 Å². The van der Waals surface area contributed by atoms with Crippen molar-refractivity contribution in [2.75, 3.05) is 35.2 Å². The number of anilines is 4. The minimum absolute atomic E-state index is 0.0125. The Labute approximate surface area is 200 Å². The number of allylic oxidation sites excluding steroid dienone is 1. The van der Waals surface area contributed by atoms with Gasteiger partial charge in [0.15, 0.2) is 0 Å². The lowest BCUT2D eigenvalue weighted by atomic mass is 10.1. The molecule has 35 heavy (non-hydrogen) atoms. The first-order valence-corrected chi connectivity index (χ1v) is 10.7. The van der Waals surface area contributed by atoms with E-state index in [0.717, 1.165) is 6.07 Å². The Hall–Kier alpha value is -4.25. The van der Waals surface area contributed by atoms with Crippen LogP contribution in [0, 0.1) is 5.82 Å². The summed E-state index contributed by atoms with van der Waals surface area (Å²) >= 11 is 0. The number of nitrogens with zero attached hydrogens (tertiary/aromatic N) is 1. The Balaban J connectivity index is 1.90. The van der Waals surface area contributed by atoms with Crippen LogP contribution in [0.3, 0.4) is 0 Å². The minimum atomic E-state index is -0.714. The number of hydrogen-bond acceptors (Lipinski definition) is 7. The molecular formula is C24H25FN4O6. The standard InChI is InChI=1S/C24H25FN4O6/c1-3-4-15-9-17(29-12-18(35-24(29)34)11-26-14(2)31)10-19(25)23(15)28-20-7-5-16(6-8-21(20)32)27-22(33)13-30/h3-10,18,30H,11-13H2,1-2H3,(H,26,31)(H,27,33)(H,28,32)/b4-3+/t18-/m0/s1. The van der Waals surface area contributed by atoms with E-state index >= 15 is 4.39 Å². The van der Waals surface area contributed by atoms with Gasteiger partial charge in [0.2, 0.25) is 17.2 Å². The highest BCUT2D eigenvalue weighted by Crippen LogP contribution is 2.32. The maximum atomic E-state index is 15.3. The fourth-order valence-electron chi connectivity index (χ4n) is 3.40. The lowest BCUT2D eigenvalue weighted by molar-refractivity contribution is -0.119. The maximum Gasteiger partial charge on any atom is 0.414 e. The van der Waals surface area contributed by atoms with Gasteiger partial charge in [-0.3, -0.25) is 19.3 Å². The first-order valence-electron chi connectivity index (χ1n) is 10.7. The van der Waals surface area contributed by atoms with Crippen molar-refractivity contribution in [3.05, 3.63) is 64.1 Å². The number of nitrogens with one attached hydrogen (secondary N) is 3. The molecule has 0 aromatic heterocycles. The SMILES string of the molecule is C/C=C/c1cc(N2C[C@H](CNC(C)=O)OC2=O)cc(F)c1Nc1ccc(NC(=O)CO)ccc1=O. The monoisotopic (exact) mass is 484 g/mol. The van der Waals surface area contributed by atoms with Crippen molar-refractivity contribution in [3.8, 4) is 0 Å². The summed E-state index contributed by atoms with van der Waals surface area (Å²) < 4.78 is 20.5. The molecule has 3 rings (SSSR count). The van der Waals surface area contributed by atoms with Gasteiger partial charge in [-0.2, -0.15) is 0 Å². The third-order valence-electron chi connectivity index (χ3n) is 5.01. The Bertz CT molecular complexity index is 1230. The van der Waals surface area contributed by atoms with Crippen LogP contribution in [0.25, 0.3) is 6.08 Å². The van der Waals surface area contributed by atoms with Crippen molar-refractivity contribution in [2.45, 2.75) is 20.0 Å². The number of hydrogen-bond donors (Lipinski definition) is 4. The molecule has 0 radical (unpaired) electrons. The van der Waals surface area contributed by atoms with E-state index in [9.17, 15) is 19.2 Å². The van der Waals surface area contributed by atoms with Crippen molar-refractivity contribution in [2.24, 2.45) is 0 Å². The van der Waals surface area contributed by atoms with E-state index < -0.39 is 36.0 Å². The number of carbonyl (C=O) groups excluding carboxylic acids is 3. The summed E-state index contributed by atoms with van der Waals surface area (Å²) in [5.41, 5.74) is 0.501. The number of rotatable bonds is 8. The third kappa shape index (κ3) is 6.42. The van der Waals surface area contributed by atoms with Gasteiger partial charge in [0, 0.05) is 18.2 Å². The second-order valence-electron chi connectivity index (χ2n) is 7.68. The minimum Gasteiger partial charge on any atom is -0.442 e. The summed E-state index contributed by atoms with van der Waals surface area (Å²) in [5, 5.41) is 16.7. The molecule has 1 aliphatic heterocycles. The lowest BCUT2D eigenvalue weighted by Crippen LogP contribution is -2.33. The summed E-state index contributed by atoms with van der Waals surface area (Å²) in [7, 11) is 0. The molecule has 1 fully saturated rings. The zero-order valence-electron chi connectivity index (χ0n) is 19.1. The normalized spacial score (nSPS) is 15.1. The molecule has 0 spiro atoms. The number of cyclic esters (lactones) is 1. The van der Waals surface area contributed by atoms with Crippen molar-refractivity contribution >= 4 is 46.7 Å². The van der Waals surface area contributed by atoms with Gasteiger partial charge < -0.3 is 25.8 Å². The zero-order valence-corrected chi connectivity index (χ0v) is 19.1. The Kier molecular flexibility index (Phi) is 8.16. The molecular weight excluding hydrogens is 459 g/mol. The van der Waals surface area contributed by atoms with Gasteiger partial charge in [-0.1, -0.05) is 12.2 Å². The topological polar surface area (TPSA) is 137 Å². The molecule has 184 valence electrons. The van der Waals surface area contributed by atoms with Crippen LogP contribution in [0.2, 0.25) is 0 Å². The van der Waals surface area contributed by atoms with E-state index in [1.807, 2.05) is 0 Å². The molecule has 0 bridgehead atoms. The highest BCUT2D eigenvalue weighted by molar-refractivity contribution is 5.92. The van der Waals surface area contributed by atoms with Gasteiger partial charge in [-0.05, 0) is 43.3 Å². The van der Waals surface area contributed by atoms with E-state index in [0.29, 0.717) is 5.56 Å². The highest BCUT2D eigenvalue weighted by Gasteiger charge is 2.33. The Morgan fingerprint density at radius 2 is 1.97 bits per heavy atom. The van der Waals surface area contributed by atoms with E-state index in [4.69, 9.17) is 9.84 Å². The predicted octanol–water partition coefficient (Wildman–Crippen LogP) is 2.35. The van der Waals surface area contributed by atoms with Crippen LogP contribution >= 0.6 is 0 Å². The first-order chi connectivity index (χ1) is 16.7. The number of ether oxygens (including phenoxy) is 1. The molecule has 10 nitrogen and oxygen atoms in total. The van der Waals surface area contributed by atoms with Gasteiger partial charge in [0.05, 0.1) is 30.2 Å². The van der Waals surface area contributed by atoms with E-state index in [2.05, 4.69) is 16.0 Å². The summed E-state index contributed by atoms with van der Waals surface area (Å²) in [6.45, 7) is 2.64. The van der Waals surface area contributed by atoms with Crippen LogP contribution in [0.5, 0.6) is 0 Å². The van der Waals surface area contributed by atoms with Crippen LogP contribution in [0.1, 0.15) is 19.4 Å². The molecule has 4 N–H and O–H groups in total. The average Bonchev–Trinajstić information content (AvgIpc) is 3.10. The van der Waals surface area contributed by atoms with E-state index in [1.165, 1.54) is 36.1 Å². The second-order valence-corrected chi connectivity index (χ2v) is 7.68. The maximum absolute atomic E-state index is 15.3. The lowest BCUT2D eigenvalue weighted by Gasteiger charge is -2.17. The molecule has 1 heterocycles. The molecule has 1 saturated heterocycles. The summed E-state index contributed by atoms with van der Waals surface area (Å²) in [6, 6.07) is 8.11. The average molecular weight is 484 g/mol. The van der Waals surface area contributed by atoms with E-state index in [1.54, 1.807) is 25.1 Å². The highest BCUT2D eigenvalue weighted by atomic mass is 19.1. The van der Waals surface area contributed by atoms with Gasteiger partial charge in [-0.15, -0.1) is 0 Å². The third-order valence-corrected chi connectivity index (χ3v) is 5.01. The van der Waals surface area contributed by atoms with Gasteiger partial charge in [-0.25, -0.2) is 9.18 Å². The predicted molar refractivity (Wildman–Crippen MR) is 129 cm³/mol. The van der Waals surface area contributed by atoms with E-state index in [-0.39, 0.29) is 41.7 Å². The molecule has 2 aromatic rings. The second kappa shape index (κ2) is 11.3. The largest absolute Gasteiger partial charge is 0.442 e. The number of carbonyl (C=O) groups is 3. The fraction of sp³-hybridized carbons (Fsp3) is 0.250. The summed E-state index contributed by atoms with van der Waals surface area (Å²) in [5.74, 6) is -1.62. The fourth-order valence-corrected chi connectivity index (χ4v) is 3.40. The van der Waals surface area contributed by atoms with Gasteiger partial charge in [0.25, 0.3) is 0 Å². The van der Waals surface area contributed by atoms with Crippen LogP contribution in [0.4, 0.5) is 31.9 Å². The van der Waals surface area contributed by atoms with Crippen molar-refractivity contribution in [1.29, 1.82) is 0 Å². The molecule has 0 unspecified atom stereocenters. The van der Waals surface area contributed by atoms with Crippen LogP contribution in [-0.4, -0.2) is 48.8 Å². The molecule has 11 heteroatoms. The number of aliphatic hydroxyl groups is 1. The molecule has 3 amide bonds. The Morgan fingerprint density at radius 1 is 1.23 bits per heavy atom. The molecule has 1 atom stereocenters. The van der Waals surface area contributed by atoms with Crippen LogP contribution < -0.4 is 26.3 Å².